The topological polar surface area (TPSA) is 42.2 Å². The summed E-state index contributed by atoms with van der Waals surface area (Å²) in [6.07, 6.45) is 2.55. The lowest BCUT2D eigenvalue weighted by atomic mass is 9.86. The summed E-state index contributed by atoms with van der Waals surface area (Å²) in [5, 5.41) is 11.1. The van der Waals surface area contributed by atoms with Gasteiger partial charge >= 0.3 is 5.97 Å². The van der Waals surface area contributed by atoms with Gasteiger partial charge in [-0.15, -0.1) is 0 Å². The first-order valence-electron chi connectivity index (χ1n) is 6.75. The number of hydrogen-bond donors (Lipinski definition) is 1. The molecule has 0 unspecified atom stereocenters. The number of carboxylic acid groups (broad SMARTS) is 1. The molecule has 0 amide bonds. The molecule has 0 fully saturated rings. The maximum Gasteiger partial charge on any atom is 0.309 e. The van der Waals surface area contributed by atoms with Gasteiger partial charge in [-0.3, -0.25) is 4.79 Å². The average molecular weight is 294 g/mol. The highest BCUT2D eigenvalue weighted by Crippen LogP contribution is 2.32. The van der Waals surface area contributed by atoms with E-state index in [1.807, 2.05) is 18.2 Å². The van der Waals surface area contributed by atoms with Crippen LogP contribution in [-0.2, 0) is 11.2 Å². The lowest BCUT2D eigenvalue weighted by Gasteiger charge is -2.18. The van der Waals surface area contributed by atoms with Crippen LogP contribution < -0.4 is 0 Å². The zero-order valence-electron chi connectivity index (χ0n) is 12.3. The van der Waals surface area contributed by atoms with Crippen LogP contribution in [0.4, 0.5) is 0 Å². The highest BCUT2D eigenvalue weighted by Gasteiger charge is 2.29. The van der Waals surface area contributed by atoms with Gasteiger partial charge in [-0.05, 0) is 51.8 Å². The molecule has 0 saturated heterocycles. The van der Waals surface area contributed by atoms with Gasteiger partial charge in [-0.1, -0.05) is 17.7 Å². The van der Waals surface area contributed by atoms with Gasteiger partial charge in [0.15, 0.2) is 0 Å². The molecule has 2 rings (SSSR count). The van der Waals surface area contributed by atoms with Gasteiger partial charge in [0.1, 0.15) is 0 Å². The highest BCUT2D eigenvalue weighted by molar-refractivity contribution is 6.31. The first-order valence-corrected chi connectivity index (χ1v) is 7.12. The smallest absolute Gasteiger partial charge is 0.309 e. The van der Waals surface area contributed by atoms with Crippen LogP contribution in [0.5, 0.6) is 0 Å². The van der Waals surface area contributed by atoms with Crippen molar-refractivity contribution in [3.8, 4) is 0 Å². The Hall–Kier alpha value is -1.48. The fourth-order valence-electron chi connectivity index (χ4n) is 2.42. The first kappa shape index (κ1) is 14.9. The maximum atomic E-state index is 11.3. The van der Waals surface area contributed by atoms with E-state index in [9.17, 15) is 9.90 Å². The molecule has 0 atom stereocenters. The van der Waals surface area contributed by atoms with Gasteiger partial charge in [-0.25, -0.2) is 0 Å². The summed E-state index contributed by atoms with van der Waals surface area (Å²) >= 11 is 6.08. The van der Waals surface area contributed by atoms with Gasteiger partial charge < -0.3 is 9.67 Å². The number of aliphatic carboxylic acids is 1. The van der Waals surface area contributed by atoms with Crippen molar-refractivity contribution in [2.75, 3.05) is 0 Å². The van der Waals surface area contributed by atoms with Crippen molar-refractivity contribution >= 4 is 28.5 Å². The molecule has 1 N–H and O–H groups in total. The number of hydrogen-bond acceptors (Lipinski definition) is 1. The number of nitrogens with zero attached hydrogens (tertiary/aromatic N) is 1. The molecule has 4 heteroatoms. The molecular formula is C16H20ClNO2. The van der Waals surface area contributed by atoms with Crippen molar-refractivity contribution in [3.63, 3.8) is 0 Å². The monoisotopic (exact) mass is 293 g/mol. The highest BCUT2D eigenvalue weighted by atomic mass is 35.5. The fraction of sp³-hybridized carbons (Fsp3) is 0.438. The predicted octanol–water partition coefficient (Wildman–Crippen LogP) is 4.53. The lowest BCUT2D eigenvalue weighted by Crippen LogP contribution is -2.26. The molecular weight excluding hydrogens is 274 g/mol. The second-order valence-corrected chi connectivity index (χ2v) is 6.62. The summed E-state index contributed by atoms with van der Waals surface area (Å²) in [6.45, 7) is 7.71. The Morgan fingerprint density at radius 2 is 2.05 bits per heavy atom. The molecule has 0 spiro atoms. The zero-order valence-corrected chi connectivity index (χ0v) is 13.0. The van der Waals surface area contributed by atoms with Crippen LogP contribution in [-0.4, -0.2) is 15.6 Å². The molecule has 0 radical (unpaired) electrons. The largest absolute Gasteiger partial charge is 0.481 e. The van der Waals surface area contributed by atoms with E-state index < -0.39 is 11.4 Å². The number of halogens is 1. The van der Waals surface area contributed by atoms with Crippen molar-refractivity contribution in [2.45, 2.75) is 40.2 Å². The summed E-state index contributed by atoms with van der Waals surface area (Å²) in [5.41, 5.74) is 1.33. The molecule has 0 aliphatic carbocycles. The standard InChI is InChI=1S/C16H20ClNO2/c1-10(2)18-9-11(8-16(3,4)15(19)20)13-6-5-12(17)7-14(13)18/h5-7,9-10H,8H2,1-4H3,(H,19,20). The average Bonchev–Trinajstić information content (AvgIpc) is 2.66. The van der Waals surface area contributed by atoms with Crippen molar-refractivity contribution in [2.24, 2.45) is 5.41 Å². The van der Waals surface area contributed by atoms with E-state index in [0.29, 0.717) is 17.5 Å². The van der Waals surface area contributed by atoms with Crippen molar-refractivity contribution in [1.82, 2.24) is 4.57 Å². The molecule has 20 heavy (non-hydrogen) atoms. The van der Waals surface area contributed by atoms with Crippen LogP contribution >= 0.6 is 11.6 Å². The Kier molecular flexibility index (Phi) is 3.83. The van der Waals surface area contributed by atoms with E-state index in [1.54, 1.807) is 13.8 Å². The second kappa shape index (κ2) is 5.13. The zero-order chi connectivity index (χ0) is 15.1. The van der Waals surface area contributed by atoms with E-state index in [2.05, 4.69) is 24.6 Å². The number of benzene rings is 1. The molecule has 0 aliphatic rings. The predicted molar refractivity (Wildman–Crippen MR) is 82.5 cm³/mol. The van der Waals surface area contributed by atoms with E-state index in [1.165, 1.54) is 0 Å². The van der Waals surface area contributed by atoms with Crippen LogP contribution in [0.1, 0.15) is 39.3 Å². The number of fused-ring (bicyclic) bond motifs is 1. The van der Waals surface area contributed by atoms with Crippen LogP contribution in [0.3, 0.4) is 0 Å². The quantitative estimate of drug-likeness (QED) is 0.900. The SMILES string of the molecule is CC(C)n1cc(CC(C)(C)C(=O)O)c2ccc(Cl)cc21. The fourth-order valence-corrected chi connectivity index (χ4v) is 2.58. The van der Waals surface area contributed by atoms with Gasteiger partial charge in [0.05, 0.1) is 10.9 Å². The number of carbonyl (C=O) groups is 1. The Morgan fingerprint density at radius 1 is 1.40 bits per heavy atom. The van der Waals surface area contributed by atoms with E-state index in [-0.39, 0.29) is 0 Å². The van der Waals surface area contributed by atoms with Crippen molar-refractivity contribution < 1.29 is 9.90 Å². The third-order valence-electron chi connectivity index (χ3n) is 3.65. The van der Waals surface area contributed by atoms with Crippen molar-refractivity contribution in [3.05, 3.63) is 35.0 Å². The molecule has 3 nitrogen and oxygen atoms in total. The molecule has 1 aromatic carbocycles. The van der Waals surface area contributed by atoms with Gasteiger partial charge in [0, 0.05) is 22.6 Å². The van der Waals surface area contributed by atoms with Gasteiger partial charge in [0.2, 0.25) is 0 Å². The number of rotatable bonds is 4. The molecule has 1 heterocycles. The molecule has 0 aliphatic heterocycles. The van der Waals surface area contributed by atoms with Gasteiger partial charge in [-0.2, -0.15) is 0 Å². The van der Waals surface area contributed by atoms with Crippen LogP contribution in [0.15, 0.2) is 24.4 Å². The minimum absolute atomic E-state index is 0.303. The summed E-state index contributed by atoms with van der Waals surface area (Å²) in [6, 6.07) is 6.07. The minimum Gasteiger partial charge on any atom is -0.481 e. The molecule has 0 bridgehead atoms. The van der Waals surface area contributed by atoms with Gasteiger partial charge in [0.25, 0.3) is 0 Å². The lowest BCUT2D eigenvalue weighted by molar-refractivity contribution is -0.146. The Labute approximate surface area is 124 Å². The summed E-state index contributed by atoms with van der Waals surface area (Å²) in [5.74, 6) is -0.781. The minimum atomic E-state index is -0.782. The van der Waals surface area contributed by atoms with Crippen molar-refractivity contribution in [1.29, 1.82) is 0 Å². The first-order chi connectivity index (χ1) is 9.22. The number of aromatic nitrogens is 1. The Balaban J connectivity index is 2.57. The molecule has 2 aromatic rings. The van der Waals surface area contributed by atoms with Crippen LogP contribution in [0.2, 0.25) is 5.02 Å². The second-order valence-electron chi connectivity index (χ2n) is 6.18. The summed E-state index contributed by atoms with van der Waals surface area (Å²) < 4.78 is 2.15. The molecule has 0 saturated carbocycles. The molecule has 108 valence electrons. The maximum absolute atomic E-state index is 11.3. The normalized spacial score (nSPS) is 12.3. The Bertz CT molecular complexity index is 656. The number of carboxylic acids is 1. The third kappa shape index (κ3) is 2.68. The summed E-state index contributed by atoms with van der Waals surface area (Å²) in [7, 11) is 0. The third-order valence-corrected chi connectivity index (χ3v) is 3.88. The van der Waals surface area contributed by atoms with Crippen LogP contribution in [0.25, 0.3) is 10.9 Å². The van der Waals surface area contributed by atoms with E-state index in [4.69, 9.17) is 11.6 Å². The summed E-state index contributed by atoms with van der Waals surface area (Å²) in [4.78, 5) is 11.3. The van der Waals surface area contributed by atoms with E-state index in [0.717, 1.165) is 16.5 Å². The van der Waals surface area contributed by atoms with E-state index >= 15 is 0 Å². The molecule has 1 aromatic heterocycles. The van der Waals surface area contributed by atoms with Crippen LogP contribution in [0, 0.1) is 5.41 Å². The Morgan fingerprint density at radius 3 is 2.60 bits per heavy atom.